The Morgan fingerprint density at radius 2 is 1.95 bits per heavy atom. The summed E-state index contributed by atoms with van der Waals surface area (Å²) < 4.78 is 15.3. The summed E-state index contributed by atoms with van der Waals surface area (Å²) in [4.78, 5) is 4.99. The molecular weight excluding hydrogens is 324 g/mol. The number of hydrogen-bond acceptors (Lipinski definition) is 2. The summed E-state index contributed by atoms with van der Waals surface area (Å²) in [7, 11) is -1.24. The molecule has 0 spiro atoms. The van der Waals surface area contributed by atoms with E-state index in [1.807, 2.05) is 53.4 Å². The highest BCUT2D eigenvalue weighted by Crippen LogP contribution is 2.27. The molecule has 3 rings (SSSR count). The van der Waals surface area contributed by atoms with E-state index < -0.39 is 11.0 Å². The van der Waals surface area contributed by atoms with Crippen molar-refractivity contribution in [2.24, 2.45) is 0 Å². The second kappa shape index (κ2) is 4.90. The van der Waals surface area contributed by atoms with Gasteiger partial charge in [-0.3, -0.25) is 3.97 Å². The standard InChI is InChI=1S/C14H11BrN2OS/c1-10-9-12-13(7-8-16-14(12)15)17(10)19(18)11-5-3-2-4-6-11/h2-9H,1H3. The second-order valence-electron chi connectivity index (χ2n) is 4.18. The Hall–Kier alpha value is -1.46. The van der Waals surface area contributed by atoms with Gasteiger partial charge < -0.3 is 0 Å². The summed E-state index contributed by atoms with van der Waals surface area (Å²) in [6.07, 6.45) is 1.71. The summed E-state index contributed by atoms with van der Waals surface area (Å²) in [5.41, 5.74) is 1.87. The van der Waals surface area contributed by atoms with Crippen molar-refractivity contribution < 1.29 is 4.21 Å². The number of aryl methyl sites for hydroxylation is 1. The molecule has 0 aliphatic rings. The van der Waals surface area contributed by atoms with Gasteiger partial charge in [-0.2, -0.15) is 0 Å². The summed E-state index contributed by atoms with van der Waals surface area (Å²) in [6.45, 7) is 1.95. The molecule has 2 aromatic heterocycles. The van der Waals surface area contributed by atoms with Crippen molar-refractivity contribution in [2.75, 3.05) is 0 Å². The van der Waals surface area contributed by atoms with Gasteiger partial charge in [0, 0.05) is 17.3 Å². The van der Waals surface area contributed by atoms with Gasteiger partial charge >= 0.3 is 0 Å². The molecule has 3 nitrogen and oxygen atoms in total. The van der Waals surface area contributed by atoms with Crippen molar-refractivity contribution in [3.63, 3.8) is 0 Å². The van der Waals surface area contributed by atoms with Gasteiger partial charge in [-0.1, -0.05) is 18.2 Å². The molecule has 19 heavy (non-hydrogen) atoms. The highest BCUT2D eigenvalue weighted by molar-refractivity contribution is 9.10. The third-order valence-corrected chi connectivity index (χ3v) is 5.05. The van der Waals surface area contributed by atoms with E-state index >= 15 is 0 Å². The minimum absolute atomic E-state index is 0.775. The third-order valence-electron chi connectivity index (χ3n) is 2.92. The van der Waals surface area contributed by atoms with Crippen LogP contribution in [0.15, 0.2) is 58.2 Å². The maximum atomic E-state index is 12.7. The van der Waals surface area contributed by atoms with Crippen molar-refractivity contribution >= 4 is 37.8 Å². The topological polar surface area (TPSA) is 34.9 Å². The lowest BCUT2D eigenvalue weighted by molar-refractivity contribution is 0.677. The molecule has 1 unspecified atom stereocenters. The fourth-order valence-electron chi connectivity index (χ4n) is 2.07. The van der Waals surface area contributed by atoms with Gasteiger partial charge in [0.25, 0.3) is 0 Å². The maximum Gasteiger partial charge on any atom is 0.157 e. The van der Waals surface area contributed by atoms with Crippen molar-refractivity contribution in [1.29, 1.82) is 0 Å². The van der Waals surface area contributed by atoms with Crippen LogP contribution in [0.4, 0.5) is 0 Å². The van der Waals surface area contributed by atoms with Gasteiger partial charge in [-0.05, 0) is 47.1 Å². The Balaban J connectivity index is 2.24. The Morgan fingerprint density at radius 1 is 1.21 bits per heavy atom. The average molecular weight is 335 g/mol. The minimum atomic E-state index is -1.24. The van der Waals surface area contributed by atoms with E-state index in [2.05, 4.69) is 20.9 Å². The molecule has 0 bridgehead atoms. The molecule has 0 N–H and O–H groups in total. The van der Waals surface area contributed by atoms with E-state index in [1.54, 1.807) is 6.20 Å². The van der Waals surface area contributed by atoms with Gasteiger partial charge in [-0.15, -0.1) is 0 Å². The first-order valence-electron chi connectivity index (χ1n) is 5.78. The second-order valence-corrected chi connectivity index (χ2v) is 6.26. The van der Waals surface area contributed by atoms with Gasteiger partial charge in [0.05, 0.1) is 10.4 Å². The van der Waals surface area contributed by atoms with Crippen molar-refractivity contribution in [3.8, 4) is 0 Å². The van der Waals surface area contributed by atoms with Crippen LogP contribution in [0.25, 0.3) is 10.9 Å². The molecular formula is C14H11BrN2OS. The maximum absolute atomic E-state index is 12.7. The smallest absolute Gasteiger partial charge is 0.157 e. The molecule has 96 valence electrons. The first-order chi connectivity index (χ1) is 9.18. The monoisotopic (exact) mass is 334 g/mol. The molecule has 0 amide bonds. The predicted molar refractivity (Wildman–Crippen MR) is 80.4 cm³/mol. The molecule has 2 heterocycles. The molecule has 0 saturated carbocycles. The lowest BCUT2D eigenvalue weighted by atomic mass is 10.3. The largest absolute Gasteiger partial charge is 0.260 e. The summed E-state index contributed by atoms with van der Waals surface area (Å²) in [5, 5.41) is 0.976. The molecule has 1 aromatic carbocycles. The van der Waals surface area contributed by atoms with Crippen LogP contribution >= 0.6 is 15.9 Å². The third kappa shape index (κ3) is 2.13. The fourth-order valence-corrected chi connectivity index (χ4v) is 3.76. The highest BCUT2D eigenvalue weighted by atomic mass is 79.9. The lowest BCUT2D eigenvalue weighted by Gasteiger charge is -2.07. The number of benzene rings is 1. The molecule has 0 saturated heterocycles. The first-order valence-corrected chi connectivity index (χ1v) is 7.68. The molecule has 0 fully saturated rings. The molecule has 3 aromatic rings. The molecule has 0 radical (unpaired) electrons. The molecule has 5 heteroatoms. The van der Waals surface area contributed by atoms with Gasteiger partial charge in [0.2, 0.25) is 0 Å². The fraction of sp³-hybridized carbons (Fsp3) is 0.0714. The number of pyridine rings is 1. The Bertz CT molecular complexity index is 768. The summed E-state index contributed by atoms with van der Waals surface area (Å²) in [6, 6.07) is 13.3. The zero-order valence-electron chi connectivity index (χ0n) is 10.2. The van der Waals surface area contributed by atoms with Crippen LogP contribution in [0, 0.1) is 6.92 Å². The van der Waals surface area contributed by atoms with Crippen LogP contribution in [0.1, 0.15) is 5.69 Å². The van der Waals surface area contributed by atoms with Crippen LogP contribution in [-0.4, -0.2) is 13.2 Å². The van der Waals surface area contributed by atoms with Crippen molar-refractivity contribution in [2.45, 2.75) is 11.8 Å². The van der Waals surface area contributed by atoms with Gasteiger partial charge in [0.15, 0.2) is 11.0 Å². The molecule has 0 aliphatic heterocycles. The van der Waals surface area contributed by atoms with Crippen LogP contribution in [-0.2, 0) is 11.0 Å². The minimum Gasteiger partial charge on any atom is -0.260 e. The molecule has 1 atom stereocenters. The van der Waals surface area contributed by atoms with Crippen LogP contribution < -0.4 is 0 Å². The van der Waals surface area contributed by atoms with Crippen molar-refractivity contribution in [3.05, 3.63) is 59.0 Å². The number of nitrogens with zero attached hydrogens (tertiary/aromatic N) is 2. The van der Waals surface area contributed by atoms with E-state index in [0.29, 0.717) is 0 Å². The van der Waals surface area contributed by atoms with E-state index in [-0.39, 0.29) is 0 Å². The van der Waals surface area contributed by atoms with Crippen LogP contribution in [0.3, 0.4) is 0 Å². The number of hydrogen-bond donors (Lipinski definition) is 0. The zero-order valence-corrected chi connectivity index (χ0v) is 12.6. The van der Waals surface area contributed by atoms with Gasteiger partial charge in [-0.25, -0.2) is 9.19 Å². The Labute approximate surface area is 122 Å². The Kier molecular flexibility index (Phi) is 3.24. The highest BCUT2D eigenvalue weighted by Gasteiger charge is 2.14. The normalized spacial score (nSPS) is 12.7. The summed E-state index contributed by atoms with van der Waals surface area (Å²) >= 11 is 3.43. The Morgan fingerprint density at radius 3 is 2.68 bits per heavy atom. The predicted octanol–water partition coefficient (Wildman–Crippen LogP) is 3.68. The van der Waals surface area contributed by atoms with Crippen LogP contribution in [0.5, 0.6) is 0 Å². The van der Waals surface area contributed by atoms with Gasteiger partial charge in [0.1, 0.15) is 4.60 Å². The summed E-state index contributed by atoms with van der Waals surface area (Å²) in [5.74, 6) is 0. The zero-order chi connectivity index (χ0) is 13.4. The van der Waals surface area contributed by atoms with E-state index in [4.69, 9.17) is 0 Å². The first kappa shape index (κ1) is 12.6. The lowest BCUT2D eigenvalue weighted by Crippen LogP contribution is -2.06. The van der Waals surface area contributed by atoms with Crippen LogP contribution in [0.2, 0.25) is 0 Å². The number of fused-ring (bicyclic) bond motifs is 1. The average Bonchev–Trinajstić information content (AvgIpc) is 2.77. The van der Waals surface area contributed by atoms with E-state index in [0.717, 1.165) is 26.1 Å². The number of rotatable bonds is 2. The SMILES string of the molecule is Cc1cc2c(Br)nccc2n1S(=O)c1ccccc1. The van der Waals surface area contributed by atoms with Crippen molar-refractivity contribution in [1.82, 2.24) is 8.96 Å². The quantitative estimate of drug-likeness (QED) is 0.670. The number of aromatic nitrogens is 2. The molecule has 0 aliphatic carbocycles. The number of halogens is 1. The van der Waals surface area contributed by atoms with E-state index in [9.17, 15) is 4.21 Å². The van der Waals surface area contributed by atoms with E-state index in [1.165, 1.54) is 0 Å².